The Balaban J connectivity index is 2.12. The van der Waals surface area contributed by atoms with Gasteiger partial charge in [0, 0.05) is 5.69 Å². The Kier molecular flexibility index (Phi) is 4.35. The molecule has 0 aromatic heterocycles. The van der Waals surface area contributed by atoms with Gasteiger partial charge in [-0.15, -0.1) is 0 Å². The van der Waals surface area contributed by atoms with E-state index in [2.05, 4.69) is 19.2 Å². The van der Waals surface area contributed by atoms with Crippen LogP contribution in [-0.2, 0) is 0 Å². The molecule has 3 nitrogen and oxygen atoms in total. The van der Waals surface area contributed by atoms with Crippen LogP contribution in [0.4, 0.5) is 5.69 Å². The van der Waals surface area contributed by atoms with Crippen LogP contribution in [0.15, 0.2) is 24.3 Å². The maximum absolute atomic E-state index is 9.85. The zero-order valence-corrected chi connectivity index (χ0v) is 12.1. The van der Waals surface area contributed by atoms with Crippen molar-refractivity contribution < 1.29 is 9.84 Å². The van der Waals surface area contributed by atoms with Crippen molar-refractivity contribution in [3.05, 3.63) is 24.3 Å². The summed E-state index contributed by atoms with van der Waals surface area (Å²) in [5.74, 6) is 2.16. The standard InChI is InChI=1S/C16H25NO2/c1-12-8-13(2)10-16(9-12,11-18)17-14-4-6-15(19-3)7-5-14/h4-7,12-13,17-18H,8-11H2,1-3H3. The second-order valence-electron chi connectivity index (χ2n) is 6.15. The molecule has 0 bridgehead atoms. The molecule has 0 heterocycles. The Hall–Kier alpha value is -1.22. The summed E-state index contributed by atoms with van der Waals surface area (Å²) < 4.78 is 5.17. The number of anilines is 1. The maximum Gasteiger partial charge on any atom is 0.119 e. The van der Waals surface area contributed by atoms with Crippen LogP contribution < -0.4 is 10.1 Å². The molecule has 0 saturated heterocycles. The van der Waals surface area contributed by atoms with E-state index in [1.54, 1.807) is 7.11 Å². The third kappa shape index (κ3) is 3.41. The minimum atomic E-state index is -0.175. The minimum absolute atomic E-state index is 0.175. The van der Waals surface area contributed by atoms with Crippen LogP contribution in [-0.4, -0.2) is 24.4 Å². The quantitative estimate of drug-likeness (QED) is 0.876. The Labute approximate surface area is 116 Å². The predicted molar refractivity (Wildman–Crippen MR) is 78.6 cm³/mol. The van der Waals surface area contributed by atoms with Crippen molar-refractivity contribution >= 4 is 5.69 Å². The van der Waals surface area contributed by atoms with Gasteiger partial charge in [-0.05, 0) is 55.4 Å². The highest BCUT2D eigenvalue weighted by Crippen LogP contribution is 2.38. The summed E-state index contributed by atoms with van der Waals surface area (Å²) in [5, 5.41) is 13.4. The number of rotatable bonds is 4. The van der Waals surface area contributed by atoms with Gasteiger partial charge in [-0.2, -0.15) is 0 Å². The van der Waals surface area contributed by atoms with E-state index in [1.807, 2.05) is 24.3 Å². The molecular formula is C16H25NO2. The highest BCUT2D eigenvalue weighted by molar-refractivity contribution is 5.48. The lowest BCUT2D eigenvalue weighted by molar-refractivity contribution is 0.122. The van der Waals surface area contributed by atoms with Gasteiger partial charge in [-0.25, -0.2) is 0 Å². The molecule has 1 aromatic rings. The summed E-state index contributed by atoms with van der Waals surface area (Å²) in [7, 11) is 1.67. The third-order valence-corrected chi connectivity index (χ3v) is 4.09. The van der Waals surface area contributed by atoms with Gasteiger partial charge in [0.05, 0.1) is 19.3 Å². The highest BCUT2D eigenvalue weighted by atomic mass is 16.5. The fourth-order valence-corrected chi connectivity index (χ4v) is 3.52. The summed E-state index contributed by atoms with van der Waals surface area (Å²) in [6.07, 6.45) is 3.31. The molecule has 0 radical (unpaired) electrons. The molecule has 2 unspecified atom stereocenters. The molecule has 1 aliphatic carbocycles. The van der Waals surface area contributed by atoms with E-state index in [-0.39, 0.29) is 12.1 Å². The van der Waals surface area contributed by atoms with E-state index in [0.29, 0.717) is 11.8 Å². The van der Waals surface area contributed by atoms with Gasteiger partial charge in [-0.3, -0.25) is 0 Å². The van der Waals surface area contributed by atoms with Crippen molar-refractivity contribution in [3.63, 3.8) is 0 Å². The van der Waals surface area contributed by atoms with Gasteiger partial charge in [-0.1, -0.05) is 13.8 Å². The maximum atomic E-state index is 9.85. The van der Waals surface area contributed by atoms with Crippen LogP contribution in [0, 0.1) is 11.8 Å². The molecule has 1 saturated carbocycles. The lowest BCUT2D eigenvalue weighted by Gasteiger charge is -2.43. The number of nitrogens with one attached hydrogen (secondary N) is 1. The first-order chi connectivity index (χ1) is 9.07. The van der Waals surface area contributed by atoms with Gasteiger partial charge < -0.3 is 15.2 Å². The minimum Gasteiger partial charge on any atom is -0.497 e. The molecule has 19 heavy (non-hydrogen) atoms. The number of hydrogen-bond acceptors (Lipinski definition) is 3. The number of aliphatic hydroxyl groups excluding tert-OH is 1. The van der Waals surface area contributed by atoms with Crippen LogP contribution in [0.5, 0.6) is 5.75 Å². The second-order valence-corrected chi connectivity index (χ2v) is 6.15. The zero-order valence-electron chi connectivity index (χ0n) is 12.1. The molecule has 2 rings (SSSR count). The van der Waals surface area contributed by atoms with Gasteiger partial charge in [0.2, 0.25) is 0 Å². The molecule has 106 valence electrons. The molecule has 1 fully saturated rings. The van der Waals surface area contributed by atoms with E-state index < -0.39 is 0 Å². The molecule has 0 spiro atoms. The average molecular weight is 263 g/mol. The largest absolute Gasteiger partial charge is 0.497 e. The van der Waals surface area contributed by atoms with Crippen molar-refractivity contribution in [1.82, 2.24) is 0 Å². The molecule has 2 atom stereocenters. The zero-order chi connectivity index (χ0) is 13.9. The van der Waals surface area contributed by atoms with Crippen LogP contribution >= 0.6 is 0 Å². The van der Waals surface area contributed by atoms with E-state index in [1.165, 1.54) is 6.42 Å². The lowest BCUT2D eigenvalue weighted by atomic mass is 9.72. The van der Waals surface area contributed by atoms with Crippen molar-refractivity contribution in [2.24, 2.45) is 11.8 Å². The summed E-state index contributed by atoms with van der Waals surface area (Å²) in [6.45, 7) is 4.74. The average Bonchev–Trinajstić information content (AvgIpc) is 2.38. The summed E-state index contributed by atoms with van der Waals surface area (Å²) in [6, 6.07) is 7.92. The van der Waals surface area contributed by atoms with Crippen LogP contribution in [0.2, 0.25) is 0 Å². The van der Waals surface area contributed by atoms with Crippen LogP contribution in [0.25, 0.3) is 0 Å². The van der Waals surface area contributed by atoms with Crippen LogP contribution in [0.1, 0.15) is 33.1 Å². The van der Waals surface area contributed by atoms with E-state index in [9.17, 15) is 5.11 Å². The molecule has 2 N–H and O–H groups in total. The van der Waals surface area contributed by atoms with Crippen LogP contribution in [0.3, 0.4) is 0 Å². The molecular weight excluding hydrogens is 238 g/mol. The topological polar surface area (TPSA) is 41.5 Å². The summed E-state index contributed by atoms with van der Waals surface area (Å²) in [4.78, 5) is 0. The highest BCUT2D eigenvalue weighted by Gasteiger charge is 2.37. The van der Waals surface area contributed by atoms with Crippen molar-refractivity contribution in [1.29, 1.82) is 0 Å². The Morgan fingerprint density at radius 1 is 1.21 bits per heavy atom. The monoisotopic (exact) mass is 263 g/mol. The Bertz CT molecular complexity index is 392. The Morgan fingerprint density at radius 3 is 2.26 bits per heavy atom. The van der Waals surface area contributed by atoms with Crippen molar-refractivity contribution in [2.75, 3.05) is 19.0 Å². The summed E-state index contributed by atoms with van der Waals surface area (Å²) >= 11 is 0. The number of benzene rings is 1. The van der Waals surface area contributed by atoms with E-state index >= 15 is 0 Å². The fourth-order valence-electron chi connectivity index (χ4n) is 3.52. The second kappa shape index (κ2) is 5.83. The normalized spacial score (nSPS) is 30.9. The molecule has 3 heteroatoms. The first-order valence-electron chi connectivity index (χ1n) is 7.10. The first-order valence-corrected chi connectivity index (χ1v) is 7.10. The van der Waals surface area contributed by atoms with Gasteiger partial charge in [0.25, 0.3) is 0 Å². The summed E-state index contributed by atoms with van der Waals surface area (Å²) in [5.41, 5.74) is 0.877. The molecule has 0 amide bonds. The predicted octanol–water partition coefficient (Wildman–Crippen LogP) is 3.29. The number of ether oxygens (including phenoxy) is 1. The molecule has 1 aliphatic rings. The van der Waals surface area contributed by atoms with Gasteiger partial charge >= 0.3 is 0 Å². The number of hydrogen-bond donors (Lipinski definition) is 2. The van der Waals surface area contributed by atoms with Crippen molar-refractivity contribution in [2.45, 2.75) is 38.6 Å². The molecule has 0 aliphatic heterocycles. The first kappa shape index (κ1) is 14.2. The van der Waals surface area contributed by atoms with Crippen molar-refractivity contribution in [3.8, 4) is 5.75 Å². The molecule has 1 aromatic carbocycles. The smallest absolute Gasteiger partial charge is 0.119 e. The SMILES string of the molecule is COc1ccc(NC2(CO)CC(C)CC(C)C2)cc1. The Morgan fingerprint density at radius 2 is 1.79 bits per heavy atom. The van der Waals surface area contributed by atoms with E-state index in [0.717, 1.165) is 24.3 Å². The number of methoxy groups -OCH3 is 1. The number of aliphatic hydroxyl groups is 1. The van der Waals surface area contributed by atoms with Gasteiger partial charge in [0.15, 0.2) is 0 Å². The lowest BCUT2D eigenvalue weighted by Crippen LogP contribution is -2.48. The van der Waals surface area contributed by atoms with Gasteiger partial charge in [0.1, 0.15) is 5.75 Å². The van der Waals surface area contributed by atoms with E-state index in [4.69, 9.17) is 4.74 Å². The third-order valence-electron chi connectivity index (χ3n) is 4.09. The fraction of sp³-hybridized carbons (Fsp3) is 0.625.